The lowest BCUT2D eigenvalue weighted by Gasteiger charge is -2.18. The number of amides is 3. The monoisotopic (exact) mass is 681 g/mol. The molecule has 5 rings (SSSR count). The van der Waals surface area contributed by atoms with Crippen molar-refractivity contribution in [3.8, 4) is 5.75 Å². The van der Waals surface area contributed by atoms with Gasteiger partial charge in [-0.15, -0.1) is 11.8 Å². The minimum Gasteiger partial charge on any atom is -0.497 e. The van der Waals surface area contributed by atoms with Crippen molar-refractivity contribution in [2.45, 2.75) is 10.1 Å². The molecule has 0 heterocycles. The van der Waals surface area contributed by atoms with Crippen LogP contribution in [0.4, 0.5) is 11.4 Å². The maximum atomic E-state index is 13.6. The highest BCUT2D eigenvalue weighted by molar-refractivity contribution is 8.00. The number of anilines is 2. The molecule has 0 aliphatic heterocycles. The molecular weight excluding hydrogens is 653 g/mol. The Bertz CT molecular complexity index is 1920. The van der Waals surface area contributed by atoms with Crippen molar-refractivity contribution in [2.24, 2.45) is 0 Å². The minimum atomic E-state index is -0.661. The second-order valence-electron chi connectivity index (χ2n) is 10.2. The molecule has 5 aromatic rings. The van der Waals surface area contributed by atoms with Crippen molar-refractivity contribution >= 4 is 70.1 Å². The maximum Gasteiger partial charge on any atom is 0.272 e. The Labute approximate surface area is 287 Å². The summed E-state index contributed by atoms with van der Waals surface area (Å²) in [6.07, 6.45) is 1.58. The van der Waals surface area contributed by atoms with Gasteiger partial charge in [0.1, 0.15) is 16.7 Å². The van der Waals surface area contributed by atoms with Crippen molar-refractivity contribution in [3.05, 3.63) is 160 Å². The average Bonchev–Trinajstić information content (AvgIpc) is 3.09. The third-order valence-electron chi connectivity index (χ3n) is 6.81. The van der Waals surface area contributed by atoms with Crippen molar-refractivity contribution in [3.63, 3.8) is 0 Å². The Morgan fingerprint density at radius 3 is 2.23 bits per heavy atom. The number of ether oxygens (including phenoxy) is 1. The number of methoxy groups -OCH3 is 1. The van der Waals surface area contributed by atoms with Crippen LogP contribution in [0.3, 0.4) is 0 Å². The second kappa shape index (κ2) is 16.0. The number of hydrogen-bond donors (Lipinski definition) is 3. The van der Waals surface area contributed by atoms with Gasteiger partial charge in [0.2, 0.25) is 5.91 Å². The quantitative estimate of drug-likeness (QED) is 0.0956. The second-order valence-corrected chi connectivity index (χ2v) is 12.2. The molecule has 3 amide bonds. The number of carbonyl (C=O) groups excluding carboxylic acids is 3. The molecular formula is C37H29Cl2N3O4S. The molecule has 236 valence electrons. The summed E-state index contributed by atoms with van der Waals surface area (Å²) in [5, 5.41) is 8.66. The van der Waals surface area contributed by atoms with Crippen LogP contribution in [-0.4, -0.2) is 24.8 Å². The highest BCUT2D eigenvalue weighted by Crippen LogP contribution is 2.38. The summed E-state index contributed by atoms with van der Waals surface area (Å²) in [5.41, 5.74) is 2.73. The summed E-state index contributed by atoms with van der Waals surface area (Å²) in [6, 6.07) is 37.1. The number of hydrogen-bond acceptors (Lipinski definition) is 5. The zero-order valence-electron chi connectivity index (χ0n) is 25.1. The van der Waals surface area contributed by atoms with Gasteiger partial charge in [-0.2, -0.15) is 0 Å². The lowest BCUT2D eigenvalue weighted by atomic mass is 10.1. The fraction of sp³-hybridized carbons (Fsp3) is 0.0541. The largest absolute Gasteiger partial charge is 0.497 e. The van der Waals surface area contributed by atoms with Crippen LogP contribution in [-0.2, 0) is 9.59 Å². The molecule has 0 aromatic heterocycles. The fourth-order valence-electron chi connectivity index (χ4n) is 4.51. The molecule has 5 aromatic carbocycles. The average molecular weight is 683 g/mol. The smallest absolute Gasteiger partial charge is 0.272 e. The van der Waals surface area contributed by atoms with Crippen LogP contribution < -0.4 is 20.7 Å². The van der Waals surface area contributed by atoms with Gasteiger partial charge in [-0.3, -0.25) is 14.4 Å². The van der Waals surface area contributed by atoms with Gasteiger partial charge in [-0.25, -0.2) is 0 Å². The predicted octanol–water partition coefficient (Wildman–Crippen LogP) is 8.88. The van der Waals surface area contributed by atoms with Crippen molar-refractivity contribution in [1.29, 1.82) is 0 Å². The Hall–Kier alpha value is -5.02. The van der Waals surface area contributed by atoms with E-state index in [1.807, 2.05) is 36.4 Å². The number of rotatable bonds is 11. The number of benzene rings is 5. The highest BCUT2D eigenvalue weighted by Gasteiger charge is 2.23. The molecule has 1 unspecified atom stereocenters. The standard InChI is InChI=1S/C37H29Cl2N3O4S/c1-46-29-16-8-10-24(20-29)21-33(42-35(43)26-13-6-3-7-14-26)36(44)40-28-15-9-17-30(23-28)47-34(25-11-4-2-5-12-25)37(45)41-32-22-27(38)18-19-31(32)39/h2-23,34H,1H3,(H,40,44)(H,41,45)(H,42,43)/b33-21-. The van der Waals surface area contributed by atoms with Gasteiger partial charge >= 0.3 is 0 Å². The Kier molecular flexibility index (Phi) is 11.4. The van der Waals surface area contributed by atoms with Gasteiger partial charge in [-0.1, -0.05) is 89.9 Å². The van der Waals surface area contributed by atoms with Crippen LogP contribution in [0.5, 0.6) is 5.75 Å². The van der Waals surface area contributed by atoms with Gasteiger partial charge < -0.3 is 20.7 Å². The molecule has 0 spiro atoms. The summed E-state index contributed by atoms with van der Waals surface area (Å²) in [5.74, 6) is -0.665. The van der Waals surface area contributed by atoms with E-state index >= 15 is 0 Å². The summed E-state index contributed by atoms with van der Waals surface area (Å²) in [4.78, 5) is 41.0. The summed E-state index contributed by atoms with van der Waals surface area (Å²) in [7, 11) is 1.55. The number of nitrogens with one attached hydrogen (secondary N) is 3. The van der Waals surface area contributed by atoms with Gasteiger partial charge in [0, 0.05) is 21.2 Å². The normalized spacial score (nSPS) is 11.7. The third-order valence-corrected chi connectivity index (χ3v) is 8.62. The molecule has 0 aliphatic rings. The van der Waals surface area contributed by atoms with Gasteiger partial charge in [0.15, 0.2) is 0 Å². The third kappa shape index (κ3) is 9.26. The Balaban J connectivity index is 1.39. The van der Waals surface area contributed by atoms with Crippen molar-refractivity contribution in [1.82, 2.24) is 5.32 Å². The molecule has 0 saturated carbocycles. The summed E-state index contributed by atoms with van der Waals surface area (Å²) in [6.45, 7) is 0. The molecule has 0 saturated heterocycles. The number of carbonyl (C=O) groups is 3. The number of thioether (sulfide) groups is 1. The number of halogens is 2. The van der Waals surface area contributed by atoms with Gasteiger partial charge in [0.25, 0.3) is 11.8 Å². The molecule has 0 fully saturated rings. The molecule has 0 bridgehead atoms. The minimum absolute atomic E-state index is 0.0325. The first-order chi connectivity index (χ1) is 22.8. The lowest BCUT2D eigenvalue weighted by Crippen LogP contribution is -2.30. The SMILES string of the molecule is COc1cccc(/C=C(\NC(=O)c2ccccc2)C(=O)Nc2cccc(SC(C(=O)Nc3cc(Cl)ccc3Cl)c3ccccc3)c2)c1. The van der Waals surface area contributed by atoms with Crippen molar-refractivity contribution < 1.29 is 19.1 Å². The molecule has 0 radical (unpaired) electrons. The van der Waals surface area contributed by atoms with Crippen LogP contribution >= 0.6 is 35.0 Å². The maximum absolute atomic E-state index is 13.6. The van der Waals surface area contributed by atoms with E-state index in [1.54, 1.807) is 104 Å². The zero-order chi connectivity index (χ0) is 33.2. The first kappa shape index (κ1) is 33.3. The van der Waals surface area contributed by atoms with E-state index in [4.69, 9.17) is 27.9 Å². The van der Waals surface area contributed by atoms with E-state index in [9.17, 15) is 14.4 Å². The van der Waals surface area contributed by atoms with Gasteiger partial charge in [-0.05, 0) is 77.9 Å². The molecule has 1 atom stereocenters. The zero-order valence-corrected chi connectivity index (χ0v) is 27.4. The van der Waals surface area contributed by atoms with E-state index in [0.717, 1.165) is 10.5 Å². The fourth-order valence-corrected chi connectivity index (χ4v) is 5.93. The van der Waals surface area contributed by atoms with Crippen LogP contribution in [0, 0.1) is 0 Å². The van der Waals surface area contributed by atoms with Crippen LogP contribution in [0.25, 0.3) is 6.08 Å². The van der Waals surface area contributed by atoms with E-state index < -0.39 is 17.1 Å². The summed E-state index contributed by atoms with van der Waals surface area (Å²) < 4.78 is 5.32. The van der Waals surface area contributed by atoms with E-state index in [2.05, 4.69) is 16.0 Å². The summed E-state index contributed by atoms with van der Waals surface area (Å²) >= 11 is 13.8. The lowest BCUT2D eigenvalue weighted by molar-refractivity contribution is -0.116. The van der Waals surface area contributed by atoms with Crippen LogP contribution in [0.15, 0.2) is 138 Å². The van der Waals surface area contributed by atoms with E-state index in [0.29, 0.717) is 38.3 Å². The first-order valence-corrected chi connectivity index (χ1v) is 16.0. The van der Waals surface area contributed by atoms with Gasteiger partial charge in [0.05, 0.1) is 17.8 Å². The topological polar surface area (TPSA) is 96.5 Å². The molecule has 0 aliphatic carbocycles. The van der Waals surface area contributed by atoms with E-state index in [-0.39, 0.29) is 11.6 Å². The molecule has 47 heavy (non-hydrogen) atoms. The predicted molar refractivity (Wildman–Crippen MR) is 190 cm³/mol. The highest BCUT2D eigenvalue weighted by atomic mass is 35.5. The Morgan fingerprint density at radius 2 is 1.49 bits per heavy atom. The van der Waals surface area contributed by atoms with Crippen LogP contribution in [0.2, 0.25) is 10.0 Å². The van der Waals surface area contributed by atoms with Crippen molar-refractivity contribution in [2.75, 3.05) is 17.7 Å². The van der Waals surface area contributed by atoms with Crippen LogP contribution in [0.1, 0.15) is 26.7 Å². The first-order valence-electron chi connectivity index (χ1n) is 14.4. The Morgan fingerprint density at radius 1 is 0.766 bits per heavy atom. The van der Waals surface area contributed by atoms with E-state index in [1.165, 1.54) is 11.8 Å². The molecule has 10 heteroatoms. The molecule has 3 N–H and O–H groups in total. The molecule has 7 nitrogen and oxygen atoms in total.